The molecule has 0 aromatic heterocycles. The topological polar surface area (TPSA) is 54.0 Å². The van der Waals surface area contributed by atoms with Crippen LogP contribution in [0.3, 0.4) is 0 Å². The number of para-hydroxylation sites is 1. The standard InChI is InChI=1S/C29H32O5/c1-4-31-28(29(30)32-5-2)21-23-11-15-25(16-12-23)33-20-19-22(3)24-13-17-27(18-14-24)34-26-9-7-6-8-10-26/h6-19,28H,4-5,20-21H2,1-3H3/b22-19-/t28-/m0/s1. The Morgan fingerprint density at radius 2 is 1.47 bits per heavy atom. The summed E-state index contributed by atoms with van der Waals surface area (Å²) in [6.45, 7) is 6.97. The first-order chi connectivity index (χ1) is 16.6. The normalized spacial score (nSPS) is 12.1. The van der Waals surface area contributed by atoms with Crippen molar-refractivity contribution >= 4 is 11.5 Å². The van der Waals surface area contributed by atoms with Crippen LogP contribution in [0.4, 0.5) is 0 Å². The van der Waals surface area contributed by atoms with Crippen molar-refractivity contribution in [3.8, 4) is 17.2 Å². The van der Waals surface area contributed by atoms with Crippen LogP contribution in [-0.4, -0.2) is 31.9 Å². The molecule has 0 saturated carbocycles. The maximum atomic E-state index is 12.0. The van der Waals surface area contributed by atoms with Gasteiger partial charge >= 0.3 is 5.97 Å². The minimum Gasteiger partial charge on any atom is -0.490 e. The van der Waals surface area contributed by atoms with Gasteiger partial charge in [-0.25, -0.2) is 4.79 Å². The smallest absolute Gasteiger partial charge is 0.335 e. The highest BCUT2D eigenvalue weighted by Crippen LogP contribution is 2.23. The van der Waals surface area contributed by atoms with Gasteiger partial charge in [-0.3, -0.25) is 0 Å². The number of hydrogen-bond acceptors (Lipinski definition) is 5. The molecule has 5 nitrogen and oxygen atoms in total. The number of rotatable bonds is 12. The van der Waals surface area contributed by atoms with Crippen LogP contribution < -0.4 is 9.47 Å². The van der Waals surface area contributed by atoms with Crippen molar-refractivity contribution in [2.24, 2.45) is 0 Å². The van der Waals surface area contributed by atoms with E-state index in [4.69, 9.17) is 18.9 Å². The van der Waals surface area contributed by atoms with Gasteiger partial charge in [-0.15, -0.1) is 0 Å². The van der Waals surface area contributed by atoms with Gasteiger partial charge < -0.3 is 18.9 Å². The van der Waals surface area contributed by atoms with Crippen molar-refractivity contribution in [1.29, 1.82) is 0 Å². The molecule has 0 N–H and O–H groups in total. The maximum absolute atomic E-state index is 12.0. The van der Waals surface area contributed by atoms with E-state index in [-0.39, 0.29) is 5.97 Å². The second-order valence-corrected chi connectivity index (χ2v) is 7.68. The molecule has 0 aliphatic heterocycles. The monoisotopic (exact) mass is 460 g/mol. The fourth-order valence-corrected chi connectivity index (χ4v) is 3.37. The van der Waals surface area contributed by atoms with Gasteiger partial charge in [-0.2, -0.15) is 0 Å². The Morgan fingerprint density at radius 1 is 0.824 bits per heavy atom. The van der Waals surface area contributed by atoms with Crippen LogP contribution in [0.1, 0.15) is 31.9 Å². The molecule has 0 radical (unpaired) electrons. The molecular formula is C29H32O5. The summed E-state index contributed by atoms with van der Waals surface area (Å²) in [7, 11) is 0. The Hall–Kier alpha value is -3.57. The molecule has 0 spiro atoms. The minimum absolute atomic E-state index is 0.329. The lowest BCUT2D eigenvalue weighted by atomic mass is 10.1. The summed E-state index contributed by atoms with van der Waals surface area (Å²) in [5.74, 6) is 2.05. The zero-order valence-corrected chi connectivity index (χ0v) is 20.0. The third-order valence-electron chi connectivity index (χ3n) is 5.19. The van der Waals surface area contributed by atoms with Crippen molar-refractivity contribution < 1.29 is 23.7 Å². The number of esters is 1. The predicted octanol–water partition coefficient (Wildman–Crippen LogP) is 6.47. The van der Waals surface area contributed by atoms with Crippen LogP contribution in [0.25, 0.3) is 5.57 Å². The fraction of sp³-hybridized carbons (Fsp3) is 0.276. The first-order valence-electron chi connectivity index (χ1n) is 11.6. The average Bonchev–Trinajstić information content (AvgIpc) is 2.86. The highest BCUT2D eigenvalue weighted by atomic mass is 16.6. The number of ether oxygens (including phenoxy) is 4. The number of carbonyl (C=O) groups is 1. The van der Waals surface area contributed by atoms with Crippen molar-refractivity contribution in [3.63, 3.8) is 0 Å². The van der Waals surface area contributed by atoms with E-state index < -0.39 is 6.10 Å². The molecule has 3 aromatic rings. The summed E-state index contributed by atoms with van der Waals surface area (Å²) >= 11 is 0. The molecule has 3 aromatic carbocycles. The Balaban J connectivity index is 1.51. The first kappa shape index (κ1) is 25.1. The molecule has 5 heteroatoms. The van der Waals surface area contributed by atoms with Gasteiger partial charge in [0.2, 0.25) is 0 Å². The maximum Gasteiger partial charge on any atom is 0.335 e. The van der Waals surface area contributed by atoms with Gasteiger partial charge in [0, 0.05) is 13.0 Å². The Morgan fingerprint density at radius 3 is 2.12 bits per heavy atom. The largest absolute Gasteiger partial charge is 0.490 e. The number of carbonyl (C=O) groups excluding carboxylic acids is 1. The quantitative estimate of drug-likeness (QED) is 0.290. The summed E-state index contributed by atoms with van der Waals surface area (Å²) in [5, 5.41) is 0. The first-order valence-corrected chi connectivity index (χ1v) is 11.6. The zero-order valence-electron chi connectivity index (χ0n) is 20.0. The van der Waals surface area contributed by atoms with Crippen molar-refractivity contribution in [2.45, 2.75) is 33.3 Å². The summed E-state index contributed by atoms with van der Waals surface area (Å²) in [4.78, 5) is 12.0. The van der Waals surface area contributed by atoms with E-state index in [1.165, 1.54) is 0 Å². The molecule has 0 unspecified atom stereocenters. The number of hydrogen-bond donors (Lipinski definition) is 0. The fourth-order valence-electron chi connectivity index (χ4n) is 3.37. The predicted molar refractivity (Wildman–Crippen MR) is 134 cm³/mol. The molecule has 1 atom stereocenters. The molecule has 0 amide bonds. The Kier molecular flexibility index (Phi) is 9.74. The van der Waals surface area contributed by atoms with E-state index in [0.29, 0.717) is 26.2 Å². The van der Waals surface area contributed by atoms with Gasteiger partial charge in [0.15, 0.2) is 6.10 Å². The summed E-state index contributed by atoms with van der Waals surface area (Å²) in [6, 6.07) is 25.4. The van der Waals surface area contributed by atoms with Gasteiger partial charge in [0.1, 0.15) is 23.9 Å². The van der Waals surface area contributed by atoms with E-state index in [1.54, 1.807) is 6.92 Å². The van der Waals surface area contributed by atoms with Crippen molar-refractivity contribution in [2.75, 3.05) is 19.8 Å². The molecule has 0 aliphatic carbocycles. The molecular weight excluding hydrogens is 428 g/mol. The second-order valence-electron chi connectivity index (χ2n) is 7.68. The highest BCUT2D eigenvalue weighted by molar-refractivity contribution is 5.75. The summed E-state index contributed by atoms with van der Waals surface area (Å²) in [5.41, 5.74) is 3.22. The minimum atomic E-state index is -0.591. The number of benzene rings is 3. The molecule has 0 aliphatic rings. The van der Waals surface area contributed by atoms with E-state index in [9.17, 15) is 4.79 Å². The van der Waals surface area contributed by atoms with Crippen LogP contribution in [0.2, 0.25) is 0 Å². The van der Waals surface area contributed by atoms with Crippen LogP contribution in [0.5, 0.6) is 17.2 Å². The summed E-state index contributed by atoms with van der Waals surface area (Å²) in [6.07, 6.45) is 1.93. The Bertz CT molecular complexity index is 1040. The molecule has 0 saturated heterocycles. The summed E-state index contributed by atoms with van der Waals surface area (Å²) < 4.78 is 22.4. The molecule has 0 bridgehead atoms. The second kappa shape index (κ2) is 13.2. The van der Waals surface area contributed by atoms with Crippen LogP contribution in [0, 0.1) is 0 Å². The zero-order chi connectivity index (χ0) is 24.2. The lowest BCUT2D eigenvalue weighted by molar-refractivity contribution is -0.156. The molecule has 0 fully saturated rings. The molecule has 34 heavy (non-hydrogen) atoms. The average molecular weight is 461 g/mol. The molecule has 178 valence electrons. The molecule has 0 heterocycles. The Labute approximate surface area is 201 Å². The van der Waals surface area contributed by atoms with Crippen LogP contribution in [-0.2, 0) is 20.7 Å². The number of allylic oxidation sites excluding steroid dienone is 1. The van der Waals surface area contributed by atoms with Crippen molar-refractivity contribution in [1.82, 2.24) is 0 Å². The van der Waals surface area contributed by atoms with Gasteiger partial charge in [0.05, 0.1) is 6.61 Å². The van der Waals surface area contributed by atoms with Gasteiger partial charge in [-0.1, -0.05) is 42.5 Å². The third kappa shape index (κ3) is 7.78. The van der Waals surface area contributed by atoms with Crippen LogP contribution in [0.15, 0.2) is 84.9 Å². The highest BCUT2D eigenvalue weighted by Gasteiger charge is 2.20. The third-order valence-corrected chi connectivity index (χ3v) is 5.19. The SMILES string of the molecule is CCOC(=O)[C@H](Cc1ccc(OC/C=C(/C)c2ccc(Oc3ccccc3)cc2)cc1)OCC. The molecule has 3 rings (SSSR count). The van der Waals surface area contributed by atoms with Crippen LogP contribution >= 0.6 is 0 Å². The van der Waals surface area contributed by atoms with Gasteiger partial charge in [0.25, 0.3) is 0 Å². The van der Waals surface area contributed by atoms with E-state index in [1.807, 2.05) is 91.9 Å². The van der Waals surface area contributed by atoms with E-state index in [0.717, 1.165) is 33.9 Å². The van der Waals surface area contributed by atoms with Gasteiger partial charge in [-0.05, 0) is 79.9 Å². The lowest BCUT2D eigenvalue weighted by Gasteiger charge is -2.15. The lowest BCUT2D eigenvalue weighted by Crippen LogP contribution is -2.28. The van der Waals surface area contributed by atoms with E-state index >= 15 is 0 Å². The van der Waals surface area contributed by atoms with Crippen molar-refractivity contribution in [3.05, 3.63) is 96.1 Å². The van der Waals surface area contributed by atoms with E-state index in [2.05, 4.69) is 6.92 Å².